The Kier molecular flexibility index (Phi) is 3.41. The van der Waals surface area contributed by atoms with E-state index in [9.17, 15) is 9.18 Å². The monoisotopic (exact) mass is 278 g/mol. The summed E-state index contributed by atoms with van der Waals surface area (Å²) in [5.74, 6) is -0.378. The van der Waals surface area contributed by atoms with Gasteiger partial charge in [-0.2, -0.15) is 0 Å². The number of amides is 1. The Morgan fingerprint density at radius 3 is 2.70 bits per heavy atom. The first-order valence-corrected chi connectivity index (χ1v) is 6.44. The van der Waals surface area contributed by atoms with E-state index < -0.39 is 6.04 Å². The summed E-state index contributed by atoms with van der Waals surface area (Å²) < 4.78 is 14.9. The Balaban J connectivity index is 2.44. The zero-order valence-corrected chi connectivity index (χ0v) is 12.1. The number of nitrogens with two attached hydrogens (primary N) is 1. The molecular weight excluding hydrogens is 259 g/mol. The van der Waals surface area contributed by atoms with Gasteiger partial charge in [0.1, 0.15) is 11.9 Å². The van der Waals surface area contributed by atoms with Crippen molar-refractivity contribution in [2.45, 2.75) is 39.3 Å². The number of rotatable bonds is 2. The van der Waals surface area contributed by atoms with E-state index in [1.54, 1.807) is 17.6 Å². The highest BCUT2D eigenvalue weighted by Crippen LogP contribution is 2.24. The van der Waals surface area contributed by atoms with Crippen molar-refractivity contribution in [2.24, 2.45) is 0 Å². The molecule has 0 bridgehead atoms. The van der Waals surface area contributed by atoms with Crippen LogP contribution >= 0.6 is 0 Å². The minimum Gasteiger partial charge on any atom is -0.369 e. The van der Waals surface area contributed by atoms with Crippen LogP contribution in [0.4, 0.5) is 10.3 Å². The molecule has 1 aromatic heterocycles. The Bertz CT molecular complexity index is 657. The van der Waals surface area contributed by atoms with E-state index in [1.165, 1.54) is 12.1 Å². The van der Waals surface area contributed by atoms with Gasteiger partial charge in [-0.1, -0.05) is 0 Å². The van der Waals surface area contributed by atoms with Crippen LogP contribution in [0.5, 0.6) is 0 Å². The lowest BCUT2D eigenvalue weighted by Crippen LogP contribution is -2.43. The maximum atomic E-state index is 13.4. The first-order valence-electron chi connectivity index (χ1n) is 6.44. The lowest BCUT2D eigenvalue weighted by Gasteiger charge is -2.24. The maximum Gasteiger partial charge on any atom is 0.243 e. The third-order valence-electron chi connectivity index (χ3n) is 2.94. The zero-order valence-electron chi connectivity index (χ0n) is 12.1. The molecule has 0 aliphatic heterocycles. The molecule has 0 saturated carbocycles. The fourth-order valence-corrected chi connectivity index (χ4v) is 2.08. The van der Waals surface area contributed by atoms with Gasteiger partial charge in [-0.15, -0.1) is 0 Å². The molecular formula is C14H19FN4O. The van der Waals surface area contributed by atoms with Gasteiger partial charge < -0.3 is 11.1 Å². The Hall–Kier alpha value is -2.11. The molecule has 2 rings (SSSR count). The zero-order chi connectivity index (χ0) is 15.1. The van der Waals surface area contributed by atoms with Crippen molar-refractivity contribution in [1.82, 2.24) is 14.9 Å². The largest absolute Gasteiger partial charge is 0.369 e. The topological polar surface area (TPSA) is 72.9 Å². The predicted molar refractivity (Wildman–Crippen MR) is 76.7 cm³/mol. The summed E-state index contributed by atoms with van der Waals surface area (Å²) in [7, 11) is 0. The summed E-state index contributed by atoms with van der Waals surface area (Å²) >= 11 is 0. The van der Waals surface area contributed by atoms with Crippen LogP contribution in [0.15, 0.2) is 18.2 Å². The Morgan fingerprint density at radius 2 is 2.10 bits per heavy atom. The fraction of sp³-hybridized carbons (Fsp3) is 0.429. The van der Waals surface area contributed by atoms with Gasteiger partial charge in [0.05, 0.1) is 11.0 Å². The van der Waals surface area contributed by atoms with Crippen LogP contribution in [0.2, 0.25) is 0 Å². The van der Waals surface area contributed by atoms with Gasteiger partial charge in [0.15, 0.2) is 0 Å². The molecule has 0 saturated heterocycles. The number of imidazole rings is 1. The van der Waals surface area contributed by atoms with Crippen LogP contribution in [-0.4, -0.2) is 21.0 Å². The SMILES string of the molecule is CC(C(=O)NC(C)(C)C)n1c(N)nc2ccc(F)cc21. The highest BCUT2D eigenvalue weighted by molar-refractivity contribution is 5.85. The normalized spacial score (nSPS) is 13.4. The van der Waals surface area contributed by atoms with Gasteiger partial charge in [-0.25, -0.2) is 9.37 Å². The fourth-order valence-electron chi connectivity index (χ4n) is 2.08. The molecule has 1 atom stereocenters. The number of fused-ring (bicyclic) bond motifs is 1. The molecule has 0 spiro atoms. The van der Waals surface area contributed by atoms with E-state index in [2.05, 4.69) is 10.3 Å². The van der Waals surface area contributed by atoms with Gasteiger partial charge >= 0.3 is 0 Å². The standard InChI is InChI=1S/C14H19FN4O/c1-8(12(20)18-14(2,3)4)19-11-7-9(15)5-6-10(11)17-13(19)16/h5-8H,1-4H3,(H2,16,17)(H,18,20). The van der Waals surface area contributed by atoms with Crippen molar-refractivity contribution < 1.29 is 9.18 Å². The minimum absolute atomic E-state index is 0.187. The Morgan fingerprint density at radius 1 is 1.45 bits per heavy atom. The van der Waals surface area contributed by atoms with E-state index in [4.69, 9.17) is 5.73 Å². The number of carbonyl (C=O) groups is 1. The van der Waals surface area contributed by atoms with Crippen LogP contribution in [-0.2, 0) is 4.79 Å². The van der Waals surface area contributed by atoms with Crippen molar-refractivity contribution in [1.29, 1.82) is 0 Å². The molecule has 5 nitrogen and oxygen atoms in total. The number of hydrogen-bond acceptors (Lipinski definition) is 3. The summed E-state index contributed by atoms with van der Waals surface area (Å²) in [5, 5.41) is 2.88. The maximum absolute atomic E-state index is 13.4. The van der Waals surface area contributed by atoms with Crippen LogP contribution in [0, 0.1) is 5.82 Å². The second-order valence-corrected chi connectivity index (χ2v) is 5.89. The number of nitrogen functional groups attached to an aromatic ring is 1. The van der Waals surface area contributed by atoms with Gasteiger partial charge in [0, 0.05) is 5.54 Å². The molecule has 0 fully saturated rings. The van der Waals surface area contributed by atoms with Crippen LogP contribution in [0.1, 0.15) is 33.7 Å². The predicted octanol–water partition coefficient (Wildman–Crippen LogP) is 2.23. The summed E-state index contributed by atoms with van der Waals surface area (Å²) in [6, 6.07) is 3.63. The number of nitrogens with zero attached hydrogens (tertiary/aromatic N) is 2. The second kappa shape index (κ2) is 4.77. The highest BCUT2D eigenvalue weighted by atomic mass is 19.1. The molecule has 0 radical (unpaired) electrons. The van der Waals surface area contributed by atoms with Gasteiger partial charge in [-0.3, -0.25) is 9.36 Å². The van der Waals surface area contributed by atoms with Crippen molar-refractivity contribution in [3.05, 3.63) is 24.0 Å². The van der Waals surface area contributed by atoms with E-state index in [0.29, 0.717) is 11.0 Å². The molecule has 0 aliphatic carbocycles. The lowest BCUT2D eigenvalue weighted by molar-refractivity contribution is -0.125. The lowest BCUT2D eigenvalue weighted by atomic mass is 10.1. The third kappa shape index (κ3) is 2.74. The summed E-state index contributed by atoms with van der Waals surface area (Å²) in [6.07, 6.45) is 0. The van der Waals surface area contributed by atoms with E-state index >= 15 is 0 Å². The number of nitrogens with one attached hydrogen (secondary N) is 1. The number of benzene rings is 1. The smallest absolute Gasteiger partial charge is 0.243 e. The quantitative estimate of drug-likeness (QED) is 0.884. The van der Waals surface area contributed by atoms with Gasteiger partial charge in [-0.05, 0) is 45.9 Å². The van der Waals surface area contributed by atoms with E-state index in [1.807, 2.05) is 20.8 Å². The van der Waals surface area contributed by atoms with Crippen molar-refractivity contribution in [3.63, 3.8) is 0 Å². The van der Waals surface area contributed by atoms with Crippen molar-refractivity contribution >= 4 is 22.9 Å². The number of anilines is 1. The van der Waals surface area contributed by atoms with Gasteiger partial charge in [0.25, 0.3) is 0 Å². The number of hydrogen-bond donors (Lipinski definition) is 2. The molecule has 3 N–H and O–H groups in total. The average molecular weight is 278 g/mol. The summed E-state index contributed by atoms with van der Waals surface area (Å²) in [6.45, 7) is 7.40. The minimum atomic E-state index is -0.568. The highest BCUT2D eigenvalue weighted by Gasteiger charge is 2.23. The third-order valence-corrected chi connectivity index (χ3v) is 2.94. The first-order chi connectivity index (χ1) is 9.19. The van der Waals surface area contributed by atoms with Crippen LogP contribution < -0.4 is 11.1 Å². The molecule has 2 aromatic rings. The van der Waals surface area contributed by atoms with E-state index in [-0.39, 0.29) is 23.2 Å². The molecule has 1 unspecified atom stereocenters. The molecule has 6 heteroatoms. The molecule has 1 amide bonds. The van der Waals surface area contributed by atoms with Crippen molar-refractivity contribution in [3.8, 4) is 0 Å². The van der Waals surface area contributed by atoms with Crippen LogP contribution in [0.25, 0.3) is 11.0 Å². The number of aromatic nitrogens is 2. The molecule has 0 aliphatic rings. The molecule has 108 valence electrons. The average Bonchev–Trinajstić information content (AvgIpc) is 2.61. The summed E-state index contributed by atoms with van der Waals surface area (Å²) in [5.41, 5.74) is 6.59. The van der Waals surface area contributed by atoms with Crippen LogP contribution in [0.3, 0.4) is 0 Å². The number of halogens is 1. The second-order valence-electron chi connectivity index (χ2n) is 5.89. The van der Waals surface area contributed by atoms with Crippen molar-refractivity contribution in [2.75, 3.05) is 5.73 Å². The molecule has 1 aromatic carbocycles. The first kappa shape index (κ1) is 14.3. The molecule has 20 heavy (non-hydrogen) atoms. The summed E-state index contributed by atoms with van der Waals surface area (Å²) in [4.78, 5) is 16.4. The van der Waals surface area contributed by atoms with E-state index in [0.717, 1.165) is 0 Å². The molecule has 1 heterocycles. The number of carbonyl (C=O) groups excluding carboxylic acids is 1. The van der Waals surface area contributed by atoms with Gasteiger partial charge in [0.2, 0.25) is 11.9 Å². The Labute approximate surface area is 117 Å².